The summed E-state index contributed by atoms with van der Waals surface area (Å²) in [4.78, 5) is 54.1. The molecule has 1 aromatic rings. The predicted octanol–water partition coefficient (Wildman–Crippen LogP) is 2.67. The third-order valence-corrected chi connectivity index (χ3v) is 8.91. The zero-order chi connectivity index (χ0) is 36.6. The Morgan fingerprint density at radius 3 is 1.61 bits per heavy atom. The van der Waals surface area contributed by atoms with Crippen molar-refractivity contribution in [1.29, 1.82) is 0 Å². The summed E-state index contributed by atoms with van der Waals surface area (Å²) in [5.74, 6) is -0.996. The van der Waals surface area contributed by atoms with E-state index in [0.29, 0.717) is 97.0 Å². The molecule has 12 nitrogen and oxygen atoms in total. The molecule has 0 spiro atoms. The second-order valence-electron chi connectivity index (χ2n) is 13.5. The van der Waals surface area contributed by atoms with Crippen LogP contribution in [-0.2, 0) is 19.2 Å². The smallest absolute Gasteiger partial charge is 0.237 e. The molecule has 0 radical (unpaired) electrons. The first-order valence-electron chi connectivity index (χ1n) is 18.4. The maximum absolute atomic E-state index is 13.8. The second kappa shape index (κ2) is 26.0. The van der Waals surface area contributed by atoms with E-state index >= 15 is 0 Å². The van der Waals surface area contributed by atoms with Crippen LogP contribution in [0.4, 0.5) is 0 Å². The fourth-order valence-electron chi connectivity index (χ4n) is 5.86. The number of benzene rings is 1. The highest BCUT2D eigenvalue weighted by Crippen LogP contribution is 2.24. The van der Waals surface area contributed by atoms with E-state index in [4.69, 9.17) is 33.4 Å². The van der Waals surface area contributed by atoms with Gasteiger partial charge < -0.3 is 44.0 Å². The lowest BCUT2D eigenvalue weighted by atomic mass is 9.90. The highest BCUT2D eigenvalue weighted by Gasteiger charge is 2.31. The van der Waals surface area contributed by atoms with Gasteiger partial charge in [-0.3, -0.25) is 19.2 Å². The van der Waals surface area contributed by atoms with Crippen LogP contribution in [0.5, 0.6) is 5.75 Å². The molecule has 12 heteroatoms. The summed E-state index contributed by atoms with van der Waals surface area (Å²) in [6.45, 7) is 8.24. The van der Waals surface area contributed by atoms with Gasteiger partial charge in [0, 0.05) is 18.8 Å². The minimum absolute atomic E-state index is 0.0733. The van der Waals surface area contributed by atoms with Crippen LogP contribution >= 0.6 is 0 Å². The Morgan fingerprint density at radius 2 is 1.10 bits per heavy atom. The molecule has 0 aromatic heterocycles. The van der Waals surface area contributed by atoms with E-state index in [-0.39, 0.29) is 36.2 Å². The number of nitrogens with one attached hydrogen (secondary N) is 2. The van der Waals surface area contributed by atoms with E-state index in [0.717, 1.165) is 29.7 Å². The topological polar surface area (TPSA) is 232 Å². The van der Waals surface area contributed by atoms with Crippen molar-refractivity contribution >= 4 is 23.4 Å². The number of ketones is 2. The summed E-state index contributed by atoms with van der Waals surface area (Å²) < 4.78 is 6.10. The first-order chi connectivity index (χ1) is 23.5. The molecule has 1 aromatic carbocycles. The minimum atomic E-state index is -0.788. The molecule has 2 amide bonds. The SMILES string of the molecule is Cc1cccc(C)c1OCC(C)CC(=O)[C@H](CCCCN)NC(=O)[C@H](CCCCN)CC(=O)[C@H](CCCCN)NC(=O)[C@@H](N)CCCCN. The molecule has 0 saturated heterocycles. The number of unbranched alkanes of at least 4 members (excludes halogenated alkanes) is 4. The summed E-state index contributed by atoms with van der Waals surface area (Å²) in [5, 5.41) is 5.84. The van der Waals surface area contributed by atoms with Crippen LogP contribution < -0.4 is 44.0 Å². The zero-order valence-corrected chi connectivity index (χ0v) is 30.5. The number of carbonyl (C=O) groups is 4. The van der Waals surface area contributed by atoms with Gasteiger partial charge in [-0.2, -0.15) is 0 Å². The molecule has 0 fully saturated rings. The van der Waals surface area contributed by atoms with E-state index in [1.807, 2.05) is 39.0 Å². The molecular weight excluding hydrogens is 622 g/mol. The molecule has 12 N–H and O–H groups in total. The summed E-state index contributed by atoms with van der Waals surface area (Å²) in [5.41, 5.74) is 30.9. The number of amides is 2. The molecule has 0 heterocycles. The number of Topliss-reactive ketones (excluding diaryl/α,β-unsaturated/α-hetero) is 2. The molecule has 0 aliphatic heterocycles. The largest absolute Gasteiger partial charge is 0.493 e. The molecule has 5 atom stereocenters. The van der Waals surface area contributed by atoms with Crippen molar-refractivity contribution < 1.29 is 23.9 Å². The fraction of sp³-hybridized carbons (Fsp3) is 0.730. The Morgan fingerprint density at radius 1 is 0.653 bits per heavy atom. The van der Waals surface area contributed by atoms with Crippen LogP contribution in [0.15, 0.2) is 18.2 Å². The Kier molecular flexibility index (Phi) is 23.4. The Balaban J connectivity index is 3.06. The average Bonchev–Trinajstić information content (AvgIpc) is 3.06. The third-order valence-electron chi connectivity index (χ3n) is 8.91. The van der Waals surface area contributed by atoms with Crippen LogP contribution in [0.2, 0.25) is 0 Å². The molecule has 49 heavy (non-hydrogen) atoms. The lowest BCUT2D eigenvalue weighted by molar-refractivity contribution is -0.134. The number of para-hydroxylation sites is 1. The molecule has 1 unspecified atom stereocenters. The van der Waals surface area contributed by atoms with Crippen molar-refractivity contribution in [3.8, 4) is 5.75 Å². The maximum atomic E-state index is 13.8. The van der Waals surface area contributed by atoms with Gasteiger partial charge in [-0.25, -0.2) is 0 Å². The molecule has 1 rings (SSSR count). The number of carbonyl (C=O) groups excluding carboxylic acids is 4. The number of hydrogen-bond donors (Lipinski definition) is 7. The van der Waals surface area contributed by atoms with Crippen LogP contribution in [0, 0.1) is 25.7 Å². The Labute approximate surface area is 294 Å². The number of aryl methyl sites for hydroxylation is 2. The van der Waals surface area contributed by atoms with Gasteiger partial charge in [0.05, 0.1) is 24.7 Å². The second-order valence-corrected chi connectivity index (χ2v) is 13.5. The van der Waals surface area contributed by atoms with Crippen LogP contribution in [0.25, 0.3) is 0 Å². The average molecular weight is 690 g/mol. The summed E-state index contributed by atoms with van der Waals surface area (Å²) in [7, 11) is 0. The zero-order valence-electron chi connectivity index (χ0n) is 30.5. The predicted molar refractivity (Wildman–Crippen MR) is 197 cm³/mol. The minimum Gasteiger partial charge on any atom is -0.493 e. The lowest BCUT2D eigenvalue weighted by Crippen LogP contribution is -2.49. The van der Waals surface area contributed by atoms with Gasteiger partial charge in [0.15, 0.2) is 11.6 Å². The van der Waals surface area contributed by atoms with Crippen LogP contribution in [-0.4, -0.2) is 74.3 Å². The van der Waals surface area contributed by atoms with E-state index in [1.165, 1.54) is 0 Å². The first-order valence-corrected chi connectivity index (χ1v) is 18.4. The van der Waals surface area contributed by atoms with Crippen LogP contribution in [0.1, 0.15) is 108 Å². The van der Waals surface area contributed by atoms with Gasteiger partial charge in [0.1, 0.15) is 5.75 Å². The van der Waals surface area contributed by atoms with Crippen molar-refractivity contribution in [3.05, 3.63) is 29.3 Å². The van der Waals surface area contributed by atoms with Crippen LogP contribution in [0.3, 0.4) is 0 Å². The van der Waals surface area contributed by atoms with E-state index < -0.39 is 30.0 Å². The summed E-state index contributed by atoms with van der Waals surface area (Å²) in [6, 6.07) is 3.71. The van der Waals surface area contributed by atoms with Crippen molar-refractivity contribution in [2.75, 3.05) is 32.8 Å². The van der Waals surface area contributed by atoms with Gasteiger partial charge in [-0.1, -0.05) is 38.0 Å². The van der Waals surface area contributed by atoms with E-state index in [1.54, 1.807) is 0 Å². The lowest BCUT2D eigenvalue weighted by Gasteiger charge is -2.25. The molecule has 0 aliphatic rings. The standard InChI is InChI=1S/C37H67N7O5/c1-26(25-49-35-27(2)13-12-14-28(35)3)23-33(45)31(17-6-10-21-40)43-36(47)29(15-4-8-19-38)24-34(46)32(18-7-11-22-41)44-37(48)30(42)16-5-9-20-39/h12-14,26,29-32H,4-11,15-25,38-42H2,1-3H3,(H,43,47)(H,44,48)/t26?,29-,30+,31+,32+/m1/s1. The molecule has 280 valence electrons. The van der Waals surface area contributed by atoms with E-state index in [2.05, 4.69) is 10.6 Å². The van der Waals surface area contributed by atoms with Crippen molar-refractivity contribution in [2.45, 2.75) is 129 Å². The fourth-order valence-corrected chi connectivity index (χ4v) is 5.86. The maximum Gasteiger partial charge on any atom is 0.237 e. The Bertz CT molecular complexity index is 1100. The molecule has 0 aliphatic carbocycles. The highest BCUT2D eigenvalue weighted by molar-refractivity contribution is 5.95. The number of nitrogens with two attached hydrogens (primary N) is 5. The summed E-state index contributed by atoms with van der Waals surface area (Å²) >= 11 is 0. The van der Waals surface area contributed by atoms with E-state index in [9.17, 15) is 19.2 Å². The quantitative estimate of drug-likeness (QED) is 0.0608. The Hall–Kier alpha value is -2.90. The van der Waals surface area contributed by atoms with Gasteiger partial charge in [0.2, 0.25) is 11.8 Å². The number of hydrogen-bond acceptors (Lipinski definition) is 10. The van der Waals surface area contributed by atoms with Crippen molar-refractivity contribution in [2.24, 2.45) is 40.5 Å². The monoisotopic (exact) mass is 690 g/mol. The van der Waals surface area contributed by atoms with Gasteiger partial charge >= 0.3 is 0 Å². The van der Waals surface area contributed by atoms with Gasteiger partial charge in [0.25, 0.3) is 0 Å². The molecule has 0 bridgehead atoms. The first kappa shape index (κ1) is 44.1. The van der Waals surface area contributed by atoms with Crippen molar-refractivity contribution in [3.63, 3.8) is 0 Å². The van der Waals surface area contributed by atoms with Gasteiger partial charge in [-0.15, -0.1) is 0 Å². The third kappa shape index (κ3) is 18.1. The normalized spacial score (nSPS) is 14.4. The number of rotatable bonds is 29. The molecular formula is C37H67N7O5. The number of ether oxygens (including phenoxy) is 1. The summed E-state index contributed by atoms with van der Waals surface area (Å²) in [6.07, 6.45) is 7.47. The highest BCUT2D eigenvalue weighted by atomic mass is 16.5. The van der Waals surface area contributed by atoms with Gasteiger partial charge in [-0.05, 0) is 121 Å². The van der Waals surface area contributed by atoms with Crippen molar-refractivity contribution in [1.82, 2.24) is 10.6 Å². The molecule has 0 saturated carbocycles.